The molecule has 0 aliphatic heterocycles. The molecular weight excluding hydrogens is 290 g/mol. The number of fused-ring (bicyclic) bond motifs is 1. The fourth-order valence-corrected chi connectivity index (χ4v) is 2.38. The molecule has 1 unspecified atom stereocenters. The zero-order valence-electron chi connectivity index (χ0n) is 10.7. The highest BCUT2D eigenvalue weighted by Crippen LogP contribution is 2.23. The van der Waals surface area contributed by atoms with Gasteiger partial charge in [-0.15, -0.1) is 0 Å². The van der Waals surface area contributed by atoms with E-state index in [2.05, 4.69) is 64.6 Å². The predicted molar refractivity (Wildman–Crippen MR) is 81.2 cm³/mol. The maximum atomic E-state index is 5.20. The summed E-state index contributed by atoms with van der Waals surface area (Å²) in [6.07, 6.45) is 1.05. The van der Waals surface area contributed by atoms with Crippen LogP contribution >= 0.6 is 15.9 Å². The highest BCUT2D eigenvalue weighted by Gasteiger charge is 2.05. The predicted octanol–water partition coefficient (Wildman–Crippen LogP) is 4.44. The largest absolute Gasteiger partial charge is 0.383 e. The van der Waals surface area contributed by atoms with Gasteiger partial charge in [0.05, 0.1) is 6.61 Å². The van der Waals surface area contributed by atoms with E-state index in [0.29, 0.717) is 6.04 Å². The van der Waals surface area contributed by atoms with E-state index >= 15 is 0 Å². The highest BCUT2D eigenvalue weighted by atomic mass is 79.9. The lowest BCUT2D eigenvalue weighted by atomic mass is 10.1. The minimum atomic E-state index is 0.364. The Bertz CT molecular complexity index is 527. The summed E-state index contributed by atoms with van der Waals surface area (Å²) in [6.45, 7) is 2.89. The molecule has 2 nitrogen and oxygen atoms in total. The molecule has 0 aromatic heterocycles. The van der Waals surface area contributed by atoms with E-state index in [1.807, 2.05) is 0 Å². The zero-order chi connectivity index (χ0) is 13.0. The van der Waals surface area contributed by atoms with Crippen molar-refractivity contribution in [2.45, 2.75) is 19.4 Å². The van der Waals surface area contributed by atoms with Crippen molar-refractivity contribution in [3.8, 4) is 0 Å². The molecule has 0 bridgehead atoms. The fraction of sp³-hybridized carbons (Fsp3) is 0.333. The minimum absolute atomic E-state index is 0.364. The molecule has 3 heteroatoms. The van der Waals surface area contributed by atoms with Gasteiger partial charge in [-0.2, -0.15) is 0 Å². The standard InChI is InChI=1S/C15H18BrNO/c1-3-14(10-18-2)17-15-7-5-11-8-13(16)6-4-12(11)9-15/h4-9,14,17H,3,10H2,1-2H3. The Labute approximate surface area is 116 Å². The number of hydrogen-bond donors (Lipinski definition) is 1. The number of nitrogens with one attached hydrogen (secondary N) is 1. The van der Waals surface area contributed by atoms with Crippen LogP contribution in [-0.4, -0.2) is 19.8 Å². The van der Waals surface area contributed by atoms with Gasteiger partial charge in [-0.3, -0.25) is 0 Å². The Morgan fingerprint density at radius 2 is 1.89 bits per heavy atom. The molecule has 18 heavy (non-hydrogen) atoms. The monoisotopic (exact) mass is 307 g/mol. The second-order valence-corrected chi connectivity index (χ2v) is 5.33. The molecule has 2 aromatic carbocycles. The normalized spacial score (nSPS) is 12.6. The lowest BCUT2D eigenvalue weighted by Gasteiger charge is -2.17. The van der Waals surface area contributed by atoms with Crippen LogP contribution in [-0.2, 0) is 4.74 Å². The maximum Gasteiger partial charge on any atom is 0.0663 e. The summed E-state index contributed by atoms with van der Waals surface area (Å²) in [5.41, 5.74) is 1.15. The molecule has 1 atom stereocenters. The molecule has 0 fully saturated rings. The number of ether oxygens (including phenoxy) is 1. The van der Waals surface area contributed by atoms with E-state index in [9.17, 15) is 0 Å². The van der Waals surface area contributed by atoms with Crippen LogP contribution in [0.2, 0.25) is 0 Å². The number of anilines is 1. The van der Waals surface area contributed by atoms with Crippen molar-refractivity contribution in [3.63, 3.8) is 0 Å². The first kappa shape index (κ1) is 13.4. The molecule has 2 rings (SSSR count). The van der Waals surface area contributed by atoms with Gasteiger partial charge in [-0.05, 0) is 41.5 Å². The van der Waals surface area contributed by atoms with Gasteiger partial charge in [-0.25, -0.2) is 0 Å². The van der Waals surface area contributed by atoms with E-state index in [1.54, 1.807) is 7.11 Å². The molecule has 0 aliphatic rings. The summed E-state index contributed by atoms with van der Waals surface area (Å²) in [5, 5.41) is 5.99. The molecule has 0 radical (unpaired) electrons. The third kappa shape index (κ3) is 3.24. The van der Waals surface area contributed by atoms with Gasteiger partial charge >= 0.3 is 0 Å². The number of rotatable bonds is 5. The summed E-state index contributed by atoms with van der Waals surface area (Å²) >= 11 is 3.49. The third-order valence-corrected chi connectivity index (χ3v) is 3.53. The van der Waals surface area contributed by atoms with Crippen LogP contribution in [0.25, 0.3) is 10.8 Å². The zero-order valence-corrected chi connectivity index (χ0v) is 12.3. The fourth-order valence-electron chi connectivity index (χ4n) is 2.00. The van der Waals surface area contributed by atoms with E-state index in [-0.39, 0.29) is 0 Å². The molecule has 2 aromatic rings. The lowest BCUT2D eigenvalue weighted by molar-refractivity contribution is 0.184. The summed E-state index contributed by atoms with van der Waals surface area (Å²) in [4.78, 5) is 0. The second-order valence-electron chi connectivity index (χ2n) is 4.41. The number of halogens is 1. The van der Waals surface area contributed by atoms with Crippen molar-refractivity contribution in [1.82, 2.24) is 0 Å². The Kier molecular flexibility index (Phi) is 4.61. The quantitative estimate of drug-likeness (QED) is 0.881. The first-order chi connectivity index (χ1) is 8.72. The van der Waals surface area contributed by atoms with Crippen LogP contribution in [0.4, 0.5) is 5.69 Å². The third-order valence-electron chi connectivity index (χ3n) is 3.03. The van der Waals surface area contributed by atoms with Crippen LogP contribution in [0, 0.1) is 0 Å². The van der Waals surface area contributed by atoms with Crippen molar-refractivity contribution in [3.05, 3.63) is 40.9 Å². The van der Waals surface area contributed by atoms with Gasteiger partial charge in [0.2, 0.25) is 0 Å². The maximum absolute atomic E-state index is 5.20. The van der Waals surface area contributed by atoms with Gasteiger partial charge in [0, 0.05) is 23.3 Å². The average molecular weight is 308 g/mol. The SMILES string of the molecule is CCC(COC)Nc1ccc2cc(Br)ccc2c1. The van der Waals surface area contributed by atoms with Gasteiger partial charge < -0.3 is 10.1 Å². The molecule has 0 heterocycles. The first-order valence-corrected chi connectivity index (χ1v) is 6.97. The van der Waals surface area contributed by atoms with E-state index in [0.717, 1.165) is 23.2 Å². The Morgan fingerprint density at radius 3 is 2.61 bits per heavy atom. The van der Waals surface area contributed by atoms with E-state index in [1.165, 1.54) is 10.8 Å². The Morgan fingerprint density at radius 1 is 1.17 bits per heavy atom. The van der Waals surface area contributed by atoms with Crippen molar-refractivity contribution >= 4 is 32.4 Å². The molecular formula is C15H18BrNO. The highest BCUT2D eigenvalue weighted by molar-refractivity contribution is 9.10. The number of methoxy groups -OCH3 is 1. The summed E-state index contributed by atoms with van der Waals surface area (Å²) < 4.78 is 6.31. The lowest BCUT2D eigenvalue weighted by Crippen LogP contribution is -2.23. The van der Waals surface area contributed by atoms with Crippen molar-refractivity contribution in [2.24, 2.45) is 0 Å². The smallest absolute Gasteiger partial charge is 0.0663 e. The van der Waals surface area contributed by atoms with Crippen LogP contribution < -0.4 is 5.32 Å². The van der Waals surface area contributed by atoms with Gasteiger partial charge in [0.15, 0.2) is 0 Å². The Hall–Kier alpha value is -1.06. The van der Waals surface area contributed by atoms with Crippen LogP contribution in [0.1, 0.15) is 13.3 Å². The summed E-state index contributed by atoms with van der Waals surface area (Å²) in [7, 11) is 1.74. The van der Waals surface area contributed by atoms with Gasteiger partial charge in [0.1, 0.15) is 0 Å². The van der Waals surface area contributed by atoms with Crippen LogP contribution in [0.3, 0.4) is 0 Å². The van der Waals surface area contributed by atoms with E-state index in [4.69, 9.17) is 4.74 Å². The molecule has 1 N–H and O–H groups in total. The van der Waals surface area contributed by atoms with Crippen molar-refractivity contribution in [2.75, 3.05) is 19.0 Å². The van der Waals surface area contributed by atoms with Crippen LogP contribution in [0.5, 0.6) is 0 Å². The molecule has 0 saturated carbocycles. The van der Waals surface area contributed by atoms with Crippen LogP contribution in [0.15, 0.2) is 40.9 Å². The molecule has 96 valence electrons. The topological polar surface area (TPSA) is 21.3 Å². The van der Waals surface area contributed by atoms with Crippen molar-refractivity contribution in [1.29, 1.82) is 0 Å². The van der Waals surface area contributed by atoms with Gasteiger partial charge in [0.25, 0.3) is 0 Å². The van der Waals surface area contributed by atoms with Gasteiger partial charge in [-0.1, -0.05) is 35.0 Å². The number of hydrogen-bond acceptors (Lipinski definition) is 2. The summed E-state index contributed by atoms with van der Waals surface area (Å²) in [5.74, 6) is 0. The molecule has 0 amide bonds. The van der Waals surface area contributed by atoms with E-state index < -0.39 is 0 Å². The second kappa shape index (κ2) is 6.21. The molecule has 0 aliphatic carbocycles. The number of benzene rings is 2. The average Bonchev–Trinajstić information content (AvgIpc) is 2.38. The summed E-state index contributed by atoms with van der Waals surface area (Å²) in [6, 6.07) is 13.1. The minimum Gasteiger partial charge on any atom is -0.383 e. The molecule has 0 saturated heterocycles. The first-order valence-electron chi connectivity index (χ1n) is 6.17. The molecule has 0 spiro atoms. The Balaban J connectivity index is 2.21. The van der Waals surface area contributed by atoms with Crippen molar-refractivity contribution < 1.29 is 4.74 Å².